The third-order valence-electron chi connectivity index (χ3n) is 4.39. The van der Waals surface area contributed by atoms with Crippen LogP contribution < -0.4 is 13.8 Å². The number of ether oxygens (including phenoxy) is 2. The van der Waals surface area contributed by atoms with Gasteiger partial charge < -0.3 is 9.47 Å². The second kappa shape index (κ2) is 7.90. The van der Waals surface area contributed by atoms with Crippen molar-refractivity contribution in [2.24, 2.45) is 0 Å². The maximum atomic E-state index is 13.6. The van der Waals surface area contributed by atoms with Crippen molar-refractivity contribution in [3.63, 3.8) is 0 Å². The largest absolute Gasteiger partial charge is 0.497 e. The molecule has 0 spiro atoms. The molecule has 5 nitrogen and oxygen atoms in total. The molecule has 3 rings (SSSR count). The third-order valence-corrected chi connectivity index (χ3v) is 6.18. The number of sulfonamides is 1. The van der Waals surface area contributed by atoms with Crippen molar-refractivity contribution < 1.29 is 22.3 Å². The van der Waals surface area contributed by atoms with Crippen LogP contribution >= 0.6 is 0 Å². The Bertz CT molecular complexity index is 1100. The fourth-order valence-electron chi connectivity index (χ4n) is 2.78. The summed E-state index contributed by atoms with van der Waals surface area (Å²) in [5.74, 6) is -0.0361. The number of hydrogen-bond donors (Lipinski definition) is 0. The molecule has 0 unspecified atom stereocenters. The highest BCUT2D eigenvalue weighted by Gasteiger charge is 2.23. The molecule has 0 bridgehead atoms. The number of nitrogens with zero attached hydrogens (tertiary/aromatic N) is 1. The molecule has 0 N–H and O–H groups in total. The summed E-state index contributed by atoms with van der Waals surface area (Å²) in [6, 6.07) is 18.1. The Labute approximate surface area is 164 Å². The molecular formula is C21H20FNO4S. The normalized spacial score (nSPS) is 11.1. The molecule has 7 heteroatoms. The molecule has 0 heterocycles. The maximum absolute atomic E-state index is 13.6. The standard InChI is InChI=1S/C21H20FNO4S/c1-23(28(24,25)19-10-11-20(22)21(14-19)27-3)17-8-4-6-15(12-17)16-7-5-9-18(13-16)26-2/h4-14H,1-3H3. The van der Waals surface area contributed by atoms with E-state index in [4.69, 9.17) is 9.47 Å². The molecule has 0 aliphatic rings. The van der Waals surface area contributed by atoms with Crippen molar-refractivity contribution in [2.75, 3.05) is 25.6 Å². The molecule has 0 saturated carbocycles. The van der Waals surface area contributed by atoms with Crippen LogP contribution in [0.2, 0.25) is 0 Å². The van der Waals surface area contributed by atoms with Gasteiger partial charge in [0.05, 0.1) is 24.8 Å². The van der Waals surface area contributed by atoms with Crippen molar-refractivity contribution in [3.05, 3.63) is 72.5 Å². The second-order valence-electron chi connectivity index (χ2n) is 6.05. The second-order valence-corrected chi connectivity index (χ2v) is 8.02. The van der Waals surface area contributed by atoms with Gasteiger partial charge in [-0.25, -0.2) is 12.8 Å². The summed E-state index contributed by atoms with van der Waals surface area (Å²) in [5, 5.41) is 0. The molecule has 0 aliphatic heterocycles. The van der Waals surface area contributed by atoms with Crippen LogP contribution in [0.15, 0.2) is 71.6 Å². The number of benzene rings is 3. The van der Waals surface area contributed by atoms with Gasteiger partial charge in [0.25, 0.3) is 10.0 Å². The van der Waals surface area contributed by atoms with Gasteiger partial charge in [0.2, 0.25) is 0 Å². The summed E-state index contributed by atoms with van der Waals surface area (Å²) in [5.41, 5.74) is 2.22. The Balaban J connectivity index is 1.99. The average Bonchev–Trinajstić information content (AvgIpc) is 2.73. The lowest BCUT2D eigenvalue weighted by molar-refractivity contribution is 0.385. The highest BCUT2D eigenvalue weighted by Crippen LogP contribution is 2.30. The lowest BCUT2D eigenvalue weighted by Gasteiger charge is -2.20. The average molecular weight is 401 g/mol. The van der Waals surface area contributed by atoms with Crippen molar-refractivity contribution >= 4 is 15.7 Å². The van der Waals surface area contributed by atoms with E-state index in [0.717, 1.165) is 21.5 Å². The number of methoxy groups -OCH3 is 2. The van der Waals surface area contributed by atoms with E-state index in [1.807, 2.05) is 30.3 Å². The molecular weight excluding hydrogens is 381 g/mol. The van der Waals surface area contributed by atoms with Gasteiger partial charge >= 0.3 is 0 Å². The van der Waals surface area contributed by atoms with Crippen LogP contribution in [0.5, 0.6) is 11.5 Å². The van der Waals surface area contributed by atoms with Gasteiger partial charge in [-0.2, -0.15) is 0 Å². The molecule has 0 saturated heterocycles. The van der Waals surface area contributed by atoms with E-state index in [2.05, 4.69) is 0 Å². The van der Waals surface area contributed by atoms with E-state index < -0.39 is 15.8 Å². The van der Waals surface area contributed by atoms with Gasteiger partial charge in [0.1, 0.15) is 5.75 Å². The molecule has 0 aliphatic carbocycles. The summed E-state index contributed by atoms with van der Waals surface area (Å²) in [6.45, 7) is 0. The van der Waals surface area contributed by atoms with E-state index in [1.54, 1.807) is 25.3 Å². The third kappa shape index (κ3) is 3.80. The van der Waals surface area contributed by atoms with E-state index in [1.165, 1.54) is 26.3 Å². The van der Waals surface area contributed by atoms with Crippen molar-refractivity contribution in [1.29, 1.82) is 0 Å². The first-order valence-corrected chi connectivity index (χ1v) is 9.88. The van der Waals surface area contributed by atoms with E-state index in [9.17, 15) is 12.8 Å². The molecule has 3 aromatic rings. The zero-order valence-corrected chi connectivity index (χ0v) is 16.5. The Morgan fingerprint density at radius 1 is 0.857 bits per heavy atom. The van der Waals surface area contributed by atoms with Crippen molar-refractivity contribution in [2.45, 2.75) is 4.90 Å². The molecule has 0 fully saturated rings. The highest BCUT2D eigenvalue weighted by molar-refractivity contribution is 7.92. The lowest BCUT2D eigenvalue weighted by atomic mass is 10.0. The van der Waals surface area contributed by atoms with Crippen LogP contribution in [0.25, 0.3) is 11.1 Å². The number of hydrogen-bond acceptors (Lipinski definition) is 4. The molecule has 0 radical (unpaired) electrons. The highest BCUT2D eigenvalue weighted by atomic mass is 32.2. The minimum absolute atomic E-state index is 0.0555. The predicted octanol–water partition coefficient (Wildman–Crippen LogP) is 4.34. The van der Waals surface area contributed by atoms with Gasteiger partial charge in [0, 0.05) is 13.1 Å². The molecule has 28 heavy (non-hydrogen) atoms. The number of anilines is 1. The van der Waals surface area contributed by atoms with Gasteiger partial charge in [-0.05, 0) is 47.5 Å². The van der Waals surface area contributed by atoms with Crippen LogP contribution in [-0.4, -0.2) is 29.7 Å². The zero-order valence-electron chi connectivity index (χ0n) is 15.7. The van der Waals surface area contributed by atoms with Crippen LogP contribution in [-0.2, 0) is 10.0 Å². The monoisotopic (exact) mass is 401 g/mol. The number of halogens is 1. The minimum Gasteiger partial charge on any atom is -0.497 e. The topological polar surface area (TPSA) is 55.8 Å². The maximum Gasteiger partial charge on any atom is 0.264 e. The van der Waals surface area contributed by atoms with Crippen LogP contribution in [0.3, 0.4) is 0 Å². The quantitative estimate of drug-likeness (QED) is 0.617. The van der Waals surface area contributed by atoms with Gasteiger partial charge in [-0.3, -0.25) is 4.31 Å². The van der Waals surface area contributed by atoms with Crippen LogP contribution in [0.1, 0.15) is 0 Å². The predicted molar refractivity (Wildman–Crippen MR) is 107 cm³/mol. The fraction of sp³-hybridized carbons (Fsp3) is 0.143. The Morgan fingerprint density at radius 2 is 1.54 bits per heavy atom. The lowest BCUT2D eigenvalue weighted by Crippen LogP contribution is -2.26. The van der Waals surface area contributed by atoms with Crippen LogP contribution in [0, 0.1) is 5.82 Å². The Morgan fingerprint density at radius 3 is 2.21 bits per heavy atom. The van der Waals surface area contributed by atoms with E-state index >= 15 is 0 Å². The Hall–Kier alpha value is -3.06. The Kier molecular flexibility index (Phi) is 5.56. The summed E-state index contributed by atoms with van der Waals surface area (Å²) >= 11 is 0. The summed E-state index contributed by atoms with van der Waals surface area (Å²) in [6.07, 6.45) is 0. The number of rotatable bonds is 6. The summed E-state index contributed by atoms with van der Waals surface area (Å²) in [7, 11) is 0.441. The first kappa shape index (κ1) is 19.7. The summed E-state index contributed by atoms with van der Waals surface area (Å²) < 4.78 is 50.9. The van der Waals surface area contributed by atoms with E-state index in [0.29, 0.717) is 11.4 Å². The van der Waals surface area contributed by atoms with E-state index in [-0.39, 0.29) is 10.6 Å². The molecule has 146 valence electrons. The SMILES string of the molecule is COc1cccc(-c2cccc(N(C)S(=O)(=O)c3ccc(F)c(OC)c3)c2)c1. The molecule has 0 amide bonds. The molecule has 0 atom stereocenters. The van der Waals surface area contributed by atoms with Crippen molar-refractivity contribution in [1.82, 2.24) is 0 Å². The van der Waals surface area contributed by atoms with Gasteiger partial charge in [0.15, 0.2) is 11.6 Å². The van der Waals surface area contributed by atoms with Gasteiger partial charge in [-0.1, -0.05) is 24.3 Å². The van der Waals surface area contributed by atoms with Gasteiger partial charge in [-0.15, -0.1) is 0 Å². The smallest absolute Gasteiger partial charge is 0.264 e. The zero-order chi connectivity index (χ0) is 20.3. The molecule has 0 aromatic heterocycles. The first-order chi connectivity index (χ1) is 13.4. The molecule has 3 aromatic carbocycles. The minimum atomic E-state index is -3.89. The first-order valence-electron chi connectivity index (χ1n) is 8.44. The fourth-order valence-corrected chi connectivity index (χ4v) is 3.98. The summed E-state index contributed by atoms with van der Waals surface area (Å²) in [4.78, 5) is -0.0555. The van der Waals surface area contributed by atoms with Crippen molar-refractivity contribution in [3.8, 4) is 22.6 Å². The van der Waals surface area contributed by atoms with Crippen LogP contribution in [0.4, 0.5) is 10.1 Å².